The van der Waals surface area contributed by atoms with Crippen molar-refractivity contribution in [2.45, 2.75) is 96.3 Å². The molecule has 0 saturated heterocycles. The van der Waals surface area contributed by atoms with Crippen LogP contribution in [0.25, 0.3) is 66.4 Å². The quantitative estimate of drug-likeness (QED) is 0.161. The fraction of sp³-hybridized carbons (Fsp3) is 0.278. The average molecular weight is 944 g/mol. The Morgan fingerprint density at radius 3 is 1.56 bits per heavy atom. The molecule has 0 aliphatic heterocycles. The molecule has 4 saturated carbocycles. The van der Waals surface area contributed by atoms with Gasteiger partial charge < -0.3 is 4.90 Å². The highest BCUT2D eigenvalue weighted by atomic mass is 15.1. The molecule has 4 unspecified atom stereocenters. The van der Waals surface area contributed by atoms with Crippen LogP contribution in [0.1, 0.15) is 108 Å². The second-order valence-electron chi connectivity index (χ2n) is 25.6. The first-order valence-corrected chi connectivity index (χ1v) is 27.4. The summed E-state index contributed by atoms with van der Waals surface area (Å²) in [5.41, 5.74) is 26.1. The Hall–Kier alpha value is -6.96. The number of nitrogens with zero attached hydrogens (tertiary/aromatic N) is 1. The SMILES string of the molecule is CC(C)(C)c1cc(-c2cccc3cccc(-c4ccccc4N(c4ccc5c(c4)C4(c6ccccc6-5)C5CC6CC7CC4C675)c4ccccc4-c4cccc5c4-c4ccccc4C5(C)C)c23)cc(C(C)(C)C)c1. The smallest absolute Gasteiger partial charge is 0.0540 e. The van der Waals surface area contributed by atoms with Gasteiger partial charge in [0, 0.05) is 27.6 Å². The van der Waals surface area contributed by atoms with Crippen LogP contribution in [-0.4, -0.2) is 0 Å². The van der Waals surface area contributed by atoms with E-state index in [2.05, 4.69) is 248 Å². The van der Waals surface area contributed by atoms with Gasteiger partial charge in [0.2, 0.25) is 0 Å². The van der Waals surface area contributed by atoms with Crippen molar-refractivity contribution in [3.8, 4) is 55.6 Å². The van der Waals surface area contributed by atoms with Gasteiger partial charge in [-0.1, -0.05) is 219 Å². The van der Waals surface area contributed by atoms with Crippen LogP contribution >= 0.6 is 0 Å². The van der Waals surface area contributed by atoms with Gasteiger partial charge in [-0.3, -0.25) is 0 Å². The standard InChI is InChI=1S/C72H65N/c1-68(2,3)45-36-44(37-46(38-45)69(4,5)6)50-26-17-20-43-21-18-27-55(66(43)50)53-23-11-15-32-62(53)73(63-33-16-12-24-54(63)56-28-19-31-60-67(56)57-25-10-13-29-58(57)70(60,7)8)49-34-35-52-51-22-9-14-30-59(51)72(61(52)42-49)64-40-47-39-48-41-65(72)71(47,48)64/h9-38,42,47-48,64-65H,39-41H2,1-8H3. The van der Waals surface area contributed by atoms with Gasteiger partial charge in [-0.2, -0.15) is 0 Å². The summed E-state index contributed by atoms with van der Waals surface area (Å²) < 4.78 is 0. The Bertz CT molecular complexity index is 3770. The molecule has 0 bridgehead atoms. The predicted octanol–water partition coefficient (Wildman–Crippen LogP) is 19.2. The number of anilines is 3. The predicted molar refractivity (Wildman–Crippen MR) is 306 cm³/mol. The summed E-state index contributed by atoms with van der Waals surface area (Å²) in [6.45, 7) is 18.9. The lowest BCUT2D eigenvalue weighted by atomic mass is 9.11. The normalized spacial score (nSPS) is 23.9. The molecule has 9 aromatic rings. The number of hydrogen-bond donors (Lipinski definition) is 0. The van der Waals surface area contributed by atoms with Crippen molar-refractivity contribution in [2.75, 3.05) is 4.90 Å². The van der Waals surface area contributed by atoms with Crippen LogP contribution < -0.4 is 4.90 Å². The summed E-state index contributed by atoms with van der Waals surface area (Å²) in [7, 11) is 0. The monoisotopic (exact) mass is 944 g/mol. The van der Waals surface area contributed by atoms with Crippen molar-refractivity contribution in [3.05, 3.63) is 221 Å². The molecule has 6 aliphatic carbocycles. The third-order valence-corrected chi connectivity index (χ3v) is 20.1. The maximum Gasteiger partial charge on any atom is 0.0540 e. The van der Waals surface area contributed by atoms with E-state index in [4.69, 9.17) is 0 Å². The molecular weight excluding hydrogens is 879 g/mol. The molecule has 73 heavy (non-hydrogen) atoms. The van der Waals surface area contributed by atoms with Gasteiger partial charge >= 0.3 is 0 Å². The second kappa shape index (κ2) is 14.6. The van der Waals surface area contributed by atoms with Gasteiger partial charge in [-0.15, -0.1) is 0 Å². The molecule has 15 rings (SSSR count). The number of para-hydroxylation sites is 2. The van der Waals surface area contributed by atoms with Gasteiger partial charge in [0.1, 0.15) is 0 Å². The van der Waals surface area contributed by atoms with Crippen LogP contribution in [-0.2, 0) is 21.7 Å². The Morgan fingerprint density at radius 1 is 0.411 bits per heavy atom. The molecule has 0 heterocycles. The molecule has 0 amide bonds. The van der Waals surface area contributed by atoms with Crippen LogP contribution in [0.15, 0.2) is 188 Å². The lowest BCUT2D eigenvalue weighted by Crippen LogP contribution is -2.88. The topological polar surface area (TPSA) is 3.24 Å². The highest BCUT2D eigenvalue weighted by molar-refractivity contribution is 6.10. The Labute approximate surface area is 433 Å². The van der Waals surface area contributed by atoms with E-state index >= 15 is 0 Å². The molecular formula is C72H65N. The third kappa shape index (κ3) is 5.54. The molecule has 4 atom stereocenters. The van der Waals surface area contributed by atoms with Gasteiger partial charge in [-0.25, -0.2) is 0 Å². The van der Waals surface area contributed by atoms with E-state index in [1.807, 2.05) is 0 Å². The fourth-order valence-electron chi connectivity index (χ4n) is 16.7. The van der Waals surface area contributed by atoms with Crippen LogP contribution in [0, 0.1) is 29.1 Å². The van der Waals surface area contributed by atoms with Gasteiger partial charge in [0.25, 0.3) is 0 Å². The van der Waals surface area contributed by atoms with Gasteiger partial charge in [0.05, 0.1) is 11.4 Å². The lowest BCUT2D eigenvalue weighted by Gasteiger charge is -2.92. The van der Waals surface area contributed by atoms with Crippen LogP contribution in [0.2, 0.25) is 0 Å². The van der Waals surface area contributed by atoms with Crippen LogP contribution in [0.5, 0.6) is 0 Å². The van der Waals surface area contributed by atoms with Crippen LogP contribution in [0.3, 0.4) is 0 Å². The summed E-state index contributed by atoms with van der Waals surface area (Å²) in [6.07, 6.45) is 4.24. The summed E-state index contributed by atoms with van der Waals surface area (Å²) >= 11 is 0. The zero-order chi connectivity index (χ0) is 49.6. The molecule has 0 N–H and O–H groups in total. The average Bonchev–Trinajstić information content (AvgIpc) is 3.81. The first-order chi connectivity index (χ1) is 35.2. The second-order valence-corrected chi connectivity index (χ2v) is 25.6. The molecule has 6 aliphatic rings. The summed E-state index contributed by atoms with van der Waals surface area (Å²) in [5.74, 6) is 3.39. The molecule has 4 fully saturated rings. The highest BCUT2D eigenvalue weighted by Gasteiger charge is 2.90. The molecule has 0 aromatic heterocycles. The summed E-state index contributed by atoms with van der Waals surface area (Å²) in [5, 5.41) is 2.54. The molecule has 1 nitrogen and oxygen atoms in total. The van der Waals surface area contributed by atoms with Crippen molar-refractivity contribution >= 4 is 27.8 Å². The minimum Gasteiger partial charge on any atom is -0.309 e. The maximum absolute atomic E-state index is 2.68. The lowest BCUT2D eigenvalue weighted by molar-refractivity contribution is -0.412. The van der Waals surface area contributed by atoms with E-state index in [0.29, 0.717) is 5.41 Å². The molecule has 358 valence electrons. The maximum atomic E-state index is 2.68. The minimum atomic E-state index is -0.111. The number of fused-ring (bicyclic) bond motifs is 11. The molecule has 9 aromatic carbocycles. The first-order valence-electron chi connectivity index (χ1n) is 27.4. The Morgan fingerprint density at radius 2 is 0.918 bits per heavy atom. The largest absolute Gasteiger partial charge is 0.309 e. The summed E-state index contributed by atoms with van der Waals surface area (Å²) in [4.78, 5) is 2.66. The van der Waals surface area contributed by atoms with E-state index in [-0.39, 0.29) is 21.7 Å². The van der Waals surface area contributed by atoms with Crippen molar-refractivity contribution in [1.29, 1.82) is 0 Å². The first kappa shape index (κ1) is 43.6. The summed E-state index contributed by atoms with van der Waals surface area (Å²) in [6, 6.07) is 73.3. The molecule has 2 spiro atoms. The zero-order valence-electron chi connectivity index (χ0n) is 43.8. The van der Waals surface area contributed by atoms with Crippen molar-refractivity contribution < 1.29 is 0 Å². The zero-order valence-corrected chi connectivity index (χ0v) is 43.8. The van der Waals surface area contributed by atoms with Gasteiger partial charge in [-0.05, 0) is 172 Å². The van der Waals surface area contributed by atoms with Gasteiger partial charge in [0.15, 0.2) is 0 Å². The molecule has 1 heteroatoms. The molecule has 0 radical (unpaired) electrons. The minimum absolute atomic E-state index is 0.00490. The van der Waals surface area contributed by atoms with Crippen molar-refractivity contribution in [2.24, 2.45) is 29.1 Å². The van der Waals surface area contributed by atoms with Crippen molar-refractivity contribution in [1.82, 2.24) is 0 Å². The Kier molecular flexibility index (Phi) is 8.74. The van der Waals surface area contributed by atoms with E-state index in [1.165, 1.54) is 125 Å². The van der Waals surface area contributed by atoms with Crippen LogP contribution in [0.4, 0.5) is 17.1 Å². The highest BCUT2D eigenvalue weighted by Crippen LogP contribution is 2.95. The van der Waals surface area contributed by atoms with E-state index in [9.17, 15) is 0 Å². The number of benzene rings is 9. The van der Waals surface area contributed by atoms with E-state index in [1.54, 1.807) is 11.1 Å². The third-order valence-electron chi connectivity index (χ3n) is 20.1. The number of rotatable bonds is 6. The Balaban J connectivity index is 0.988. The van der Waals surface area contributed by atoms with Crippen molar-refractivity contribution in [3.63, 3.8) is 0 Å². The number of hydrogen-bond acceptors (Lipinski definition) is 1. The van der Waals surface area contributed by atoms with E-state index in [0.717, 1.165) is 23.7 Å². The van der Waals surface area contributed by atoms with E-state index < -0.39 is 0 Å². The fourth-order valence-corrected chi connectivity index (χ4v) is 16.7.